The molecule has 0 aromatic heterocycles. The van der Waals surface area contributed by atoms with E-state index in [1.165, 1.54) is 51.6 Å². The molecule has 0 saturated carbocycles. The fourth-order valence-corrected chi connectivity index (χ4v) is 3.31. The van der Waals surface area contributed by atoms with E-state index in [-0.39, 0.29) is 23.7 Å². The van der Waals surface area contributed by atoms with E-state index in [4.69, 9.17) is 14.3 Å². The predicted octanol–water partition coefficient (Wildman–Crippen LogP) is 2.32. The van der Waals surface area contributed by atoms with Gasteiger partial charge in [0.25, 0.3) is 15.9 Å². The third-order valence-electron chi connectivity index (χ3n) is 3.88. The van der Waals surface area contributed by atoms with Crippen molar-refractivity contribution in [3.05, 3.63) is 54.1 Å². The highest BCUT2D eigenvalue weighted by Crippen LogP contribution is 2.19. The molecule has 0 atom stereocenters. The fourth-order valence-electron chi connectivity index (χ4n) is 2.29. The Balaban J connectivity index is 2.10. The van der Waals surface area contributed by atoms with Gasteiger partial charge in [-0.05, 0) is 36.4 Å². The first-order valence-corrected chi connectivity index (χ1v) is 10.2. The van der Waals surface area contributed by atoms with Crippen LogP contribution in [-0.2, 0) is 24.3 Å². The van der Waals surface area contributed by atoms with Gasteiger partial charge in [-0.3, -0.25) is 14.9 Å². The van der Waals surface area contributed by atoms with E-state index >= 15 is 0 Å². The smallest absolute Gasteiger partial charge is 0.411 e. The monoisotopic (exact) mass is 437 g/mol. The average Bonchev–Trinajstić information content (AvgIpc) is 2.73. The van der Waals surface area contributed by atoms with Crippen molar-refractivity contribution >= 4 is 33.4 Å². The van der Waals surface area contributed by atoms with Crippen molar-refractivity contribution in [2.75, 3.05) is 45.1 Å². The molecule has 2 amide bonds. The third-order valence-corrected chi connectivity index (χ3v) is 5.55. The maximum Gasteiger partial charge on any atom is 0.411 e. The molecule has 0 radical (unpaired) electrons. The third kappa shape index (κ3) is 6.26. The molecule has 0 aliphatic carbocycles. The van der Waals surface area contributed by atoms with Crippen LogP contribution in [0.25, 0.3) is 0 Å². The number of amides is 2. The topological polar surface area (TPSA) is 123 Å². The summed E-state index contributed by atoms with van der Waals surface area (Å²) in [7, 11) is 0.0829. The van der Waals surface area contributed by atoms with Gasteiger partial charge in [-0.25, -0.2) is 13.2 Å². The van der Waals surface area contributed by atoms with E-state index < -0.39 is 22.0 Å². The minimum atomic E-state index is -3.89. The number of methoxy groups -OCH3 is 1. The zero-order chi connectivity index (χ0) is 22.1. The summed E-state index contributed by atoms with van der Waals surface area (Å²) in [5, 5.41) is 5.19. The molecular weight excluding hydrogens is 414 g/mol. The van der Waals surface area contributed by atoms with Crippen molar-refractivity contribution in [2.24, 2.45) is 0 Å². The molecule has 162 valence electrons. The summed E-state index contributed by atoms with van der Waals surface area (Å²) < 4.78 is 35.1. The zero-order valence-electron chi connectivity index (χ0n) is 16.7. The molecule has 0 bridgehead atoms. The Hall–Kier alpha value is -2.99. The quantitative estimate of drug-likeness (QED) is 0.456. The standard InChI is InChI=1S/C19H23N3O7S/c1-22(28-3)30(25,26)17-9-4-6-14(12-17)18(23)20-15-7-5-8-16(13-15)21-19(24)29-11-10-27-2/h4-9,12-13H,10-11H2,1-3H3,(H,20,23)(H,21,24). The lowest BCUT2D eigenvalue weighted by molar-refractivity contribution is -0.0258. The minimum absolute atomic E-state index is 0.0891. The maximum absolute atomic E-state index is 12.6. The van der Waals surface area contributed by atoms with Gasteiger partial charge < -0.3 is 14.8 Å². The lowest BCUT2D eigenvalue weighted by Gasteiger charge is -2.14. The van der Waals surface area contributed by atoms with Crippen molar-refractivity contribution in [1.82, 2.24) is 4.47 Å². The molecule has 10 nitrogen and oxygen atoms in total. The van der Waals surface area contributed by atoms with Gasteiger partial charge in [0, 0.05) is 31.1 Å². The van der Waals surface area contributed by atoms with Crippen LogP contribution in [-0.4, -0.2) is 59.4 Å². The maximum atomic E-state index is 12.6. The summed E-state index contributed by atoms with van der Waals surface area (Å²) in [5.74, 6) is -0.521. The summed E-state index contributed by atoms with van der Waals surface area (Å²) in [4.78, 5) is 28.9. The molecule has 0 aliphatic rings. The second-order valence-electron chi connectivity index (χ2n) is 5.91. The van der Waals surface area contributed by atoms with E-state index in [1.807, 2.05) is 0 Å². The van der Waals surface area contributed by atoms with E-state index in [0.717, 1.165) is 0 Å². The molecule has 2 N–H and O–H groups in total. The Kier molecular flexibility index (Phi) is 8.30. The van der Waals surface area contributed by atoms with Gasteiger partial charge in [-0.2, -0.15) is 0 Å². The molecule has 2 rings (SSSR count). The Labute approximate surface area is 174 Å². The number of carbonyl (C=O) groups excluding carboxylic acids is 2. The molecule has 30 heavy (non-hydrogen) atoms. The second-order valence-corrected chi connectivity index (χ2v) is 7.85. The van der Waals surface area contributed by atoms with Crippen LogP contribution >= 0.6 is 0 Å². The highest BCUT2D eigenvalue weighted by Gasteiger charge is 2.22. The van der Waals surface area contributed by atoms with Gasteiger partial charge in [-0.15, -0.1) is 0 Å². The molecule has 0 saturated heterocycles. The fraction of sp³-hybridized carbons (Fsp3) is 0.263. The Bertz CT molecular complexity index is 995. The Morgan fingerprint density at radius 2 is 1.63 bits per heavy atom. The minimum Gasteiger partial charge on any atom is -0.447 e. The zero-order valence-corrected chi connectivity index (χ0v) is 17.6. The predicted molar refractivity (Wildman–Crippen MR) is 110 cm³/mol. The van der Waals surface area contributed by atoms with Crippen molar-refractivity contribution in [3.8, 4) is 0 Å². The normalized spacial score (nSPS) is 11.2. The van der Waals surface area contributed by atoms with E-state index in [9.17, 15) is 18.0 Å². The van der Waals surface area contributed by atoms with E-state index in [2.05, 4.69) is 10.6 Å². The number of nitrogens with zero attached hydrogens (tertiary/aromatic N) is 1. The van der Waals surface area contributed by atoms with Crippen LogP contribution in [0, 0.1) is 0 Å². The van der Waals surface area contributed by atoms with Gasteiger partial charge in [-0.1, -0.05) is 16.6 Å². The first kappa shape index (κ1) is 23.3. The number of nitrogens with one attached hydrogen (secondary N) is 2. The molecule has 0 unspecified atom stereocenters. The molecule has 2 aromatic carbocycles. The number of benzene rings is 2. The van der Waals surface area contributed by atoms with Crippen molar-refractivity contribution in [3.63, 3.8) is 0 Å². The van der Waals surface area contributed by atoms with Gasteiger partial charge in [0.15, 0.2) is 0 Å². The van der Waals surface area contributed by atoms with Crippen molar-refractivity contribution in [1.29, 1.82) is 0 Å². The lowest BCUT2D eigenvalue weighted by Crippen LogP contribution is -2.26. The van der Waals surface area contributed by atoms with Crippen LogP contribution in [0.4, 0.5) is 16.2 Å². The number of rotatable bonds is 9. The van der Waals surface area contributed by atoms with Gasteiger partial charge in [0.1, 0.15) is 6.61 Å². The number of hydroxylamine groups is 1. The number of hydrogen-bond donors (Lipinski definition) is 2. The summed E-state index contributed by atoms with van der Waals surface area (Å²) in [5.41, 5.74) is 0.947. The van der Waals surface area contributed by atoms with Gasteiger partial charge >= 0.3 is 6.09 Å². The van der Waals surface area contributed by atoms with Crippen molar-refractivity contribution in [2.45, 2.75) is 4.90 Å². The van der Waals surface area contributed by atoms with Gasteiger partial charge in [0.2, 0.25) is 0 Å². The van der Waals surface area contributed by atoms with E-state index in [1.54, 1.807) is 18.2 Å². The summed E-state index contributed by atoms with van der Waals surface area (Å²) in [6.07, 6.45) is -0.657. The number of carbonyl (C=O) groups is 2. The SMILES string of the molecule is COCCOC(=O)Nc1cccc(NC(=O)c2cccc(S(=O)(=O)N(C)OC)c2)c1. The first-order chi connectivity index (χ1) is 14.3. The lowest BCUT2D eigenvalue weighted by atomic mass is 10.2. The molecular formula is C19H23N3O7S. The molecule has 0 spiro atoms. The van der Waals surface area contributed by atoms with Crippen LogP contribution in [0.1, 0.15) is 10.4 Å². The molecule has 0 fully saturated rings. The Morgan fingerprint density at radius 1 is 0.967 bits per heavy atom. The first-order valence-electron chi connectivity index (χ1n) is 8.75. The highest BCUT2D eigenvalue weighted by molar-refractivity contribution is 7.89. The number of sulfonamides is 1. The largest absolute Gasteiger partial charge is 0.447 e. The van der Waals surface area contributed by atoms with Gasteiger partial charge in [0.05, 0.1) is 18.6 Å². The summed E-state index contributed by atoms with van der Waals surface area (Å²) in [6.45, 7) is 0.384. The number of hydrogen-bond acceptors (Lipinski definition) is 7. The summed E-state index contributed by atoms with van der Waals surface area (Å²) >= 11 is 0. The van der Waals surface area contributed by atoms with Crippen LogP contribution in [0.3, 0.4) is 0 Å². The second kappa shape index (κ2) is 10.7. The molecule has 0 aliphatic heterocycles. The average molecular weight is 437 g/mol. The Morgan fingerprint density at radius 3 is 2.30 bits per heavy atom. The van der Waals surface area contributed by atoms with Crippen LogP contribution in [0.2, 0.25) is 0 Å². The van der Waals surface area contributed by atoms with Crippen LogP contribution < -0.4 is 10.6 Å². The van der Waals surface area contributed by atoms with Crippen molar-refractivity contribution < 1.29 is 32.3 Å². The summed E-state index contributed by atoms with van der Waals surface area (Å²) in [6, 6.07) is 12.0. The molecule has 11 heteroatoms. The van der Waals surface area contributed by atoms with E-state index in [0.29, 0.717) is 15.8 Å². The highest BCUT2D eigenvalue weighted by atomic mass is 32.2. The number of anilines is 2. The van der Waals surface area contributed by atoms with Crippen LogP contribution in [0.5, 0.6) is 0 Å². The van der Waals surface area contributed by atoms with Crippen LogP contribution in [0.15, 0.2) is 53.4 Å². The number of ether oxygens (including phenoxy) is 2. The molecule has 2 aromatic rings. The molecule has 0 heterocycles.